The van der Waals surface area contributed by atoms with Gasteiger partial charge in [0.1, 0.15) is 5.75 Å². The maximum Gasteiger partial charge on any atom is 0.269 e. The quantitative estimate of drug-likeness (QED) is 0.670. The zero-order valence-corrected chi connectivity index (χ0v) is 17.6. The summed E-state index contributed by atoms with van der Waals surface area (Å²) in [6, 6.07) is 12.2. The lowest BCUT2D eigenvalue weighted by atomic mass is 10.1. The van der Waals surface area contributed by atoms with E-state index in [2.05, 4.69) is 10.9 Å². The van der Waals surface area contributed by atoms with E-state index >= 15 is 0 Å². The normalized spacial score (nSPS) is 11.1. The molecular formula is C20H25N3O5S. The fourth-order valence-corrected chi connectivity index (χ4v) is 3.75. The Morgan fingerprint density at radius 3 is 2.31 bits per heavy atom. The van der Waals surface area contributed by atoms with Crippen LogP contribution in [0.3, 0.4) is 0 Å². The van der Waals surface area contributed by atoms with Crippen LogP contribution in [0.5, 0.6) is 5.75 Å². The van der Waals surface area contributed by atoms with E-state index in [-0.39, 0.29) is 28.7 Å². The van der Waals surface area contributed by atoms with Crippen LogP contribution in [-0.4, -0.2) is 34.4 Å². The first kappa shape index (κ1) is 22.2. The largest absolute Gasteiger partial charge is 0.497 e. The highest BCUT2D eigenvalue weighted by Gasteiger charge is 2.22. The van der Waals surface area contributed by atoms with Crippen molar-refractivity contribution < 1.29 is 22.7 Å². The van der Waals surface area contributed by atoms with Crippen LogP contribution in [0.4, 0.5) is 5.69 Å². The smallest absolute Gasteiger partial charge is 0.269 e. The van der Waals surface area contributed by atoms with E-state index < -0.39 is 15.9 Å². The van der Waals surface area contributed by atoms with Gasteiger partial charge in [0.2, 0.25) is 5.91 Å². The van der Waals surface area contributed by atoms with Gasteiger partial charge >= 0.3 is 0 Å². The second-order valence-electron chi connectivity index (χ2n) is 6.80. The Balaban J connectivity index is 2.17. The van der Waals surface area contributed by atoms with E-state index in [1.807, 2.05) is 13.8 Å². The standard InChI is InChI=1S/C20H25N3O5S/c1-14(2)12-19(24)21-22-20(25)15-6-5-7-18(13-15)29(26,27)23(3)16-8-10-17(28-4)11-9-16/h5-11,13-14H,12H2,1-4H3,(H,21,24)(H,22,25). The summed E-state index contributed by atoms with van der Waals surface area (Å²) in [6.07, 6.45) is 0.265. The van der Waals surface area contributed by atoms with Crippen molar-refractivity contribution in [1.82, 2.24) is 10.9 Å². The van der Waals surface area contributed by atoms with Crippen LogP contribution in [-0.2, 0) is 14.8 Å². The average molecular weight is 420 g/mol. The van der Waals surface area contributed by atoms with Gasteiger partial charge in [0, 0.05) is 19.0 Å². The van der Waals surface area contributed by atoms with Crippen molar-refractivity contribution in [2.24, 2.45) is 5.92 Å². The topological polar surface area (TPSA) is 105 Å². The average Bonchev–Trinajstić information content (AvgIpc) is 2.71. The molecule has 156 valence electrons. The van der Waals surface area contributed by atoms with Crippen LogP contribution in [0.25, 0.3) is 0 Å². The Bertz CT molecular complexity index is 972. The number of amides is 2. The molecule has 2 aromatic carbocycles. The van der Waals surface area contributed by atoms with Crippen molar-refractivity contribution in [2.45, 2.75) is 25.2 Å². The van der Waals surface area contributed by atoms with E-state index in [0.29, 0.717) is 11.4 Å². The fourth-order valence-electron chi connectivity index (χ4n) is 2.51. The Morgan fingerprint density at radius 2 is 1.72 bits per heavy atom. The molecule has 0 bridgehead atoms. The maximum atomic E-state index is 12.9. The van der Waals surface area contributed by atoms with Crippen molar-refractivity contribution in [2.75, 3.05) is 18.5 Å². The fraction of sp³-hybridized carbons (Fsp3) is 0.300. The number of nitrogens with one attached hydrogen (secondary N) is 2. The molecule has 0 atom stereocenters. The molecule has 2 rings (SSSR count). The number of nitrogens with zero attached hydrogens (tertiary/aromatic N) is 1. The maximum absolute atomic E-state index is 12.9. The molecule has 0 fully saturated rings. The molecule has 0 heterocycles. The predicted molar refractivity (Wildman–Crippen MR) is 110 cm³/mol. The molecule has 0 aromatic heterocycles. The van der Waals surface area contributed by atoms with Crippen molar-refractivity contribution >= 4 is 27.5 Å². The summed E-state index contributed by atoms with van der Waals surface area (Å²) in [5.74, 6) is -0.172. The van der Waals surface area contributed by atoms with Crippen LogP contribution in [0, 0.1) is 5.92 Å². The van der Waals surface area contributed by atoms with Gasteiger partial charge in [-0.1, -0.05) is 19.9 Å². The number of anilines is 1. The van der Waals surface area contributed by atoms with Crippen molar-refractivity contribution in [3.63, 3.8) is 0 Å². The molecule has 0 aliphatic rings. The lowest BCUT2D eigenvalue weighted by Gasteiger charge is -2.20. The number of carbonyl (C=O) groups excluding carboxylic acids is 2. The minimum absolute atomic E-state index is 0.0445. The highest BCUT2D eigenvalue weighted by atomic mass is 32.2. The molecule has 2 aromatic rings. The Kier molecular flexibility index (Phi) is 7.22. The first-order valence-corrected chi connectivity index (χ1v) is 10.4. The van der Waals surface area contributed by atoms with E-state index in [9.17, 15) is 18.0 Å². The minimum atomic E-state index is -3.89. The number of rotatable bonds is 7. The van der Waals surface area contributed by atoms with Gasteiger partial charge < -0.3 is 4.74 Å². The Morgan fingerprint density at radius 1 is 1.07 bits per heavy atom. The van der Waals surface area contributed by atoms with Gasteiger partial charge in [0.05, 0.1) is 17.7 Å². The zero-order chi connectivity index (χ0) is 21.6. The molecule has 2 N–H and O–H groups in total. The monoisotopic (exact) mass is 419 g/mol. The van der Waals surface area contributed by atoms with Gasteiger partial charge in [-0.15, -0.1) is 0 Å². The molecule has 9 heteroatoms. The number of benzene rings is 2. The number of hydrazine groups is 1. The van der Waals surface area contributed by atoms with Gasteiger partial charge in [-0.3, -0.25) is 24.7 Å². The highest BCUT2D eigenvalue weighted by Crippen LogP contribution is 2.24. The lowest BCUT2D eigenvalue weighted by molar-refractivity contribution is -0.122. The summed E-state index contributed by atoms with van der Waals surface area (Å²) in [6.45, 7) is 3.77. The second kappa shape index (κ2) is 9.42. The van der Waals surface area contributed by atoms with Crippen molar-refractivity contribution in [1.29, 1.82) is 0 Å². The first-order valence-electron chi connectivity index (χ1n) is 8.97. The van der Waals surface area contributed by atoms with Gasteiger partial charge in [0.15, 0.2) is 0 Å². The molecule has 0 radical (unpaired) electrons. The number of carbonyl (C=O) groups is 2. The second-order valence-corrected chi connectivity index (χ2v) is 8.77. The Hall–Kier alpha value is -3.07. The van der Waals surface area contributed by atoms with Crippen molar-refractivity contribution in [3.8, 4) is 5.75 Å². The third-order valence-electron chi connectivity index (χ3n) is 4.10. The number of sulfonamides is 1. The molecule has 0 aliphatic heterocycles. The predicted octanol–water partition coefficient (Wildman–Crippen LogP) is 2.33. The van der Waals surface area contributed by atoms with E-state index in [4.69, 9.17) is 4.74 Å². The molecular weight excluding hydrogens is 394 g/mol. The van der Waals surface area contributed by atoms with E-state index in [1.165, 1.54) is 38.4 Å². The van der Waals surface area contributed by atoms with Crippen LogP contribution in [0.15, 0.2) is 53.4 Å². The molecule has 0 unspecified atom stereocenters. The SMILES string of the molecule is COc1ccc(N(C)S(=O)(=O)c2cccc(C(=O)NNC(=O)CC(C)C)c2)cc1. The number of hydrogen-bond donors (Lipinski definition) is 2. The van der Waals surface area contributed by atoms with E-state index in [1.54, 1.807) is 24.3 Å². The minimum Gasteiger partial charge on any atom is -0.497 e. The lowest BCUT2D eigenvalue weighted by Crippen LogP contribution is -2.42. The summed E-state index contributed by atoms with van der Waals surface area (Å²) in [7, 11) is -0.938. The third kappa shape index (κ3) is 5.71. The molecule has 0 saturated heterocycles. The highest BCUT2D eigenvalue weighted by molar-refractivity contribution is 7.92. The molecule has 0 aliphatic carbocycles. The number of methoxy groups -OCH3 is 1. The summed E-state index contributed by atoms with van der Waals surface area (Å²) in [5.41, 5.74) is 5.17. The third-order valence-corrected chi connectivity index (χ3v) is 5.88. The Labute approximate surface area is 170 Å². The molecule has 29 heavy (non-hydrogen) atoms. The van der Waals surface area contributed by atoms with Gasteiger partial charge in [-0.2, -0.15) is 0 Å². The first-order chi connectivity index (χ1) is 13.6. The van der Waals surface area contributed by atoms with E-state index in [0.717, 1.165) is 4.31 Å². The van der Waals surface area contributed by atoms with Gasteiger partial charge in [-0.05, 0) is 48.4 Å². The number of ether oxygens (including phenoxy) is 1. The van der Waals surface area contributed by atoms with Crippen LogP contribution in [0.1, 0.15) is 30.6 Å². The van der Waals surface area contributed by atoms with Crippen molar-refractivity contribution in [3.05, 3.63) is 54.1 Å². The summed E-state index contributed by atoms with van der Waals surface area (Å²) < 4.78 is 32.1. The van der Waals surface area contributed by atoms with Crippen LogP contribution in [0.2, 0.25) is 0 Å². The molecule has 0 saturated carbocycles. The molecule has 2 amide bonds. The van der Waals surface area contributed by atoms with Crippen LogP contribution >= 0.6 is 0 Å². The zero-order valence-electron chi connectivity index (χ0n) is 16.8. The van der Waals surface area contributed by atoms with Gasteiger partial charge in [-0.25, -0.2) is 8.42 Å². The van der Waals surface area contributed by atoms with Gasteiger partial charge in [0.25, 0.3) is 15.9 Å². The summed E-state index contributed by atoms with van der Waals surface area (Å²) in [5, 5.41) is 0. The summed E-state index contributed by atoms with van der Waals surface area (Å²) in [4.78, 5) is 23.9. The molecule has 0 spiro atoms. The number of hydrogen-bond acceptors (Lipinski definition) is 5. The summed E-state index contributed by atoms with van der Waals surface area (Å²) >= 11 is 0. The van der Waals surface area contributed by atoms with Crippen LogP contribution < -0.4 is 19.9 Å². The molecule has 8 nitrogen and oxygen atoms in total.